The van der Waals surface area contributed by atoms with Crippen LogP contribution in [0.25, 0.3) is 0 Å². The van der Waals surface area contributed by atoms with Crippen LogP contribution in [0, 0.1) is 12.7 Å². The Hall–Kier alpha value is -2.50. The lowest BCUT2D eigenvalue weighted by molar-refractivity contribution is -0.130. The lowest BCUT2D eigenvalue weighted by Crippen LogP contribution is -2.36. The minimum Gasteiger partial charge on any atom is -0.341 e. The van der Waals surface area contributed by atoms with E-state index < -0.39 is 0 Å². The first-order valence-corrected chi connectivity index (χ1v) is 8.17. The second-order valence-electron chi connectivity index (χ2n) is 6.09. The van der Waals surface area contributed by atoms with Crippen molar-refractivity contribution in [3.05, 3.63) is 53.6 Å². The van der Waals surface area contributed by atoms with Gasteiger partial charge in [0, 0.05) is 38.6 Å². The molecule has 1 aromatic carbocycles. The molecule has 1 aromatic heterocycles. The standard InChI is InChI=1S/C18H21FN4O/c1-14-12-20-18(21-13-14)23-7-3-6-22(8-9-23)17(24)11-15-4-2-5-16(19)10-15/h2,4-5,10,12-13H,3,6-9,11H2,1H3. The summed E-state index contributed by atoms with van der Waals surface area (Å²) < 4.78 is 13.2. The lowest BCUT2D eigenvalue weighted by atomic mass is 10.1. The van der Waals surface area contributed by atoms with Gasteiger partial charge in [0.25, 0.3) is 0 Å². The van der Waals surface area contributed by atoms with E-state index in [-0.39, 0.29) is 18.1 Å². The predicted molar refractivity (Wildman–Crippen MR) is 90.3 cm³/mol. The van der Waals surface area contributed by atoms with E-state index in [9.17, 15) is 9.18 Å². The van der Waals surface area contributed by atoms with Gasteiger partial charge < -0.3 is 9.80 Å². The molecule has 1 fully saturated rings. The fraction of sp³-hybridized carbons (Fsp3) is 0.389. The first-order valence-electron chi connectivity index (χ1n) is 8.17. The molecule has 0 radical (unpaired) electrons. The van der Waals surface area contributed by atoms with Crippen LogP contribution in [0.4, 0.5) is 10.3 Å². The summed E-state index contributed by atoms with van der Waals surface area (Å²) in [6, 6.07) is 6.23. The van der Waals surface area contributed by atoms with Crippen molar-refractivity contribution in [2.24, 2.45) is 0 Å². The molecule has 0 N–H and O–H groups in total. The van der Waals surface area contributed by atoms with E-state index >= 15 is 0 Å². The van der Waals surface area contributed by atoms with Gasteiger partial charge in [-0.05, 0) is 36.6 Å². The number of carbonyl (C=O) groups is 1. The molecule has 2 heterocycles. The van der Waals surface area contributed by atoms with Gasteiger partial charge in [-0.3, -0.25) is 4.79 Å². The molecule has 0 saturated carbocycles. The van der Waals surface area contributed by atoms with Gasteiger partial charge in [0.1, 0.15) is 5.82 Å². The third-order valence-corrected chi connectivity index (χ3v) is 4.14. The summed E-state index contributed by atoms with van der Waals surface area (Å²) >= 11 is 0. The van der Waals surface area contributed by atoms with Crippen LogP contribution in [0.2, 0.25) is 0 Å². The second kappa shape index (κ2) is 7.38. The molecule has 2 aromatic rings. The number of amides is 1. The minimum absolute atomic E-state index is 0.0345. The maximum atomic E-state index is 13.2. The van der Waals surface area contributed by atoms with Crippen molar-refractivity contribution >= 4 is 11.9 Å². The van der Waals surface area contributed by atoms with Gasteiger partial charge in [0.2, 0.25) is 11.9 Å². The third kappa shape index (κ3) is 4.07. The lowest BCUT2D eigenvalue weighted by Gasteiger charge is -2.22. The van der Waals surface area contributed by atoms with E-state index in [1.165, 1.54) is 12.1 Å². The van der Waals surface area contributed by atoms with Gasteiger partial charge in [-0.2, -0.15) is 0 Å². The molecule has 0 unspecified atom stereocenters. The fourth-order valence-corrected chi connectivity index (χ4v) is 2.85. The molecule has 3 rings (SSSR count). The Balaban J connectivity index is 1.60. The third-order valence-electron chi connectivity index (χ3n) is 4.14. The Bertz CT molecular complexity index is 704. The van der Waals surface area contributed by atoms with Crippen LogP contribution in [0.3, 0.4) is 0 Å². The SMILES string of the molecule is Cc1cnc(N2CCCN(C(=O)Cc3cccc(F)c3)CC2)nc1. The topological polar surface area (TPSA) is 49.3 Å². The summed E-state index contributed by atoms with van der Waals surface area (Å²) in [7, 11) is 0. The first kappa shape index (κ1) is 16.4. The zero-order valence-electron chi connectivity index (χ0n) is 13.8. The number of halogens is 1. The monoisotopic (exact) mass is 328 g/mol. The molecule has 1 aliphatic heterocycles. The van der Waals surface area contributed by atoms with Crippen LogP contribution >= 0.6 is 0 Å². The molecule has 1 amide bonds. The number of rotatable bonds is 3. The van der Waals surface area contributed by atoms with Gasteiger partial charge in [-0.1, -0.05) is 12.1 Å². The number of nitrogens with zero attached hydrogens (tertiary/aromatic N) is 4. The van der Waals surface area contributed by atoms with E-state index in [0.29, 0.717) is 31.1 Å². The number of hydrogen-bond acceptors (Lipinski definition) is 4. The number of benzene rings is 1. The highest BCUT2D eigenvalue weighted by Crippen LogP contribution is 2.13. The van der Waals surface area contributed by atoms with Gasteiger partial charge in [0.05, 0.1) is 6.42 Å². The normalized spacial score (nSPS) is 15.2. The van der Waals surface area contributed by atoms with E-state index in [4.69, 9.17) is 0 Å². The Labute approximate surface area is 141 Å². The fourth-order valence-electron chi connectivity index (χ4n) is 2.85. The van der Waals surface area contributed by atoms with Crippen LogP contribution in [0.1, 0.15) is 17.5 Å². The number of anilines is 1. The zero-order valence-corrected chi connectivity index (χ0v) is 13.8. The largest absolute Gasteiger partial charge is 0.341 e. The highest BCUT2D eigenvalue weighted by atomic mass is 19.1. The van der Waals surface area contributed by atoms with E-state index in [2.05, 4.69) is 14.9 Å². The highest BCUT2D eigenvalue weighted by Gasteiger charge is 2.20. The van der Waals surface area contributed by atoms with Gasteiger partial charge in [-0.25, -0.2) is 14.4 Å². The van der Waals surface area contributed by atoms with Crippen LogP contribution in [-0.4, -0.2) is 47.0 Å². The molecule has 1 saturated heterocycles. The maximum Gasteiger partial charge on any atom is 0.227 e. The Morgan fingerprint density at radius 3 is 2.71 bits per heavy atom. The van der Waals surface area contributed by atoms with Crippen molar-refractivity contribution in [1.82, 2.24) is 14.9 Å². The van der Waals surface area contributed by atoms with Gasteiger partial charge in [0.15, 0.2) is 0 Å². The van der Waals surface area contributed by atoms with Crippen molar-refractivity contribution in [3.8, 4) is 0 Å². The average molecular weight is 328 g/mol. The molecule has 0 atom stereocenters. The molecular weight excluding hydrogens is 307 g/mol. The smallest absolute Gasteiger partial charge is 0.227 e. The molecule has 0 aliphatic carbocycles. The highest BCUT2D eigenvalue weighted by molar-refractivity contribution is 5.78. The molecule has 0 spiro atoms. The molecule has 1 aliphatic rings. The van der Waals surface area contributed by atoms with Gasteiger partial charge in [-0.15, -0.1) is 0 Å². The molecule has 0 bridgehead atoms. The number of hydrogen-bond donors (Lipinski definition) is 0. The summed E-state index contributed by atoms with van der Waals surface area (Å²) in [5.41, 5.74) is 1.74. The molecule has 24 heavy (non-hydrogen) atoms. The summed E-state index contributed by atoms with van der Waals surface area (Å²) in [6.45, 7) is 4.83. The molecule has 126 valence electrons. The Kier molecular flexibility index (Phi) is 5.03. The van der Waals surface area contributed by atoms with E-state index in [1.807, 2.05) is 11.8 Å². The molecular formula is C18H21FN4O. The number of carbonyl (C=O) groups excluding carboxylic acids is 1. The predicted octanol–water partition coefficient (Wildman–Crippen LogP) is 2.21. The van der Waals surface area contributed by atoms with Crippen LogP contribution in [0.15, 0.2) is 36.7 Å². The Morgan fingerprint density at radius 1 is 1.17 bits per heavy atom. The summed E-state index contributed by atoms with van der Waals surface area (Å²) in [5.74, 6) is 0.436. The quantitative estimate of drug-likeness (QED) is 0.867. The van der Waals surface area contributed by atoms with Crippen LogP contribution in [-0.2, 0) is 11.2 Å². The van der Waals surface area contributed by atoms with Gasteiger partial charge >= 0.3 is 0 Å². The van der Waals surface area contributed by atoms with Crippen molar-refractivity contribution in [2.45, 2.75) is 19.8 Å². The zero-order chi connectivity index (χ0) is 16.9. The van der Waals surface area contributed by atoms with Crippen LogP contribution in [0.5, 0.6) is 0 Å². The van der Waals surface area contributed by atoms with Crippen molar-refractivity contribution < 1.29 is 9.18 Å². The molecule has 5 nitrogen and oxygen atoms in total. The maximum absolute atomic E-state index is 13.2. The Morgan fingerprint density at radius 2 is 1.96 bits per heavy atom. The van der Waals surface area contributed by atoms with Crippen molar-refractivity contribution in [1.29, 1.82) is 0 Å². The average Bonchev–Trinajstić information content (AvgIpc) is 2.82. The number of aromatic nitrogens is 2. The van der Waals surface area contributed by atoms with Crippen molar-refractivity contribution in [2.75, 3.05) is 31.1 Å². The summed E-state index contributed by atoms with van der Waals surface area (Å²) in [5, 5.41) is 0. The molecule has 6 heteroatoms. The van der Waals surface area contributed by atoms with Crippen molar-refractivity contribution in [3.63, 3.8) is 0 Å². The van der Waals surface area contributed by atoms with Crippen LogP contribution < -0.4 is 4.90 Å². The minimum atomic E-state index is -0.307. The second-order valence-corrected chi connectivity index (χ2v) is 6.09. The number of aryl methyl sites for hydroxylation is 1. The summed E-state index contributed by atoms with van der Waals surface area (Å²) in [4.78, 5) is 25.1. The summed E-state index contributed by atoms with van der Waals surface area (Å²) in [6.07, 6.45) is 4.71. The first-order chi connectivity index (χ1) is 11.6. The van der Waals surface area contributed by atoms with E-state index in [1.54, 1.807) is 24.5 Å². The van der Waals surface area contributed by atoms with E-state index in [0.717, 1.165) is 18.5 Å².